The largest absolute Gasteiger partial charge is 0.493 e. The lowest BCUT2D eigenvalue weighted by molar-refractivity contribution is -0.111. The number of anilines is 1. The molecule has 0 saturated carbocycles. The molecule has 0 aliphatic rings. The molecule has 24 heavy (non-hydrogen) atoms. The lowest BCUT2D eigenvalue weighted by atomic mass is 10.2. The number of carbonyl (C=O) groups is 1. The Morgan fingerprint density at radius 2 is 1.96 bits per heavy atom. The number of rotatable bonds is 6. The summed E-state index contributed by atoms with van der Waals surface area (Å²) in [6, 6.07) is 14.1. The first-order chi connectivity index (χ1) is 11.7. The second-order valence-corrected chi connectivity index (χ2v) is 4.86. The molecule has 0 bridgehead atoms. The molecule has 0 aliphatic heterocycles. The molecule has 0 radical (unpaired) electrons. The van der Waals surface area contributed by atoms with E-state index in [2.05, 4.69) is 5.32 Å². The average Bonchev–Trinajstić information content (AvgIpc) is 2.61. The molecular weight excluding hydrogens is 304 g/mol. The van der Waals surface area contributed by atoms with Crippen molar-refractivity contribution in [3.63, 3.8) is 0 Å². The summed E-state index contributed by atoms with van der Waals surface area (Å²) >= 11 is 0. The summed E-state index contributed by atoms with van der Waals surface area (Å²) in [7, 11) is 1.58. The maximum Gasteiger partial charge on any atom is 0.248 e. The molecule has 2 rings (SSSR count). The van der Waals surface area contributed by atoms with Crippen LogP contribution in [0.1, 0.15) is 18.1 Å². The van der Waals surface area contributed by atoms with Crippen LogP contribution in [-0.4, -0.2) is 19.6 Å². The van der Waals surface area contributed by atoms with Crippen molar-refractivity contribution in [3.8, 4) is 17.6 Å². The van der Waals surface area contributed by atoms with Crippen molar-refractivity contribution in [3.05, 3.63) is 59.7 Å². The van der Waals surface area contributed by atoms with Crippen LogP contribution >= 0.6 is 0 Å². The lowest BCUT2D eigenvalue weighted by Gasteiger charge is -2.09. The molecule has 5 nitrogen and oxygen atoms in total. The Bertz CT molecular complexity index is 774. The van der Waals surface area contributed by atoms with E-state index in [1.807, 2.05) is 25.1 Å². The number of benzene rings is 2. The van der Waals surface area contributed by atoms with Crippen LogP contribution in [0, 0.1) is 11.3 Å². The van der Waals surface area contributed by atoms with Gasteiger partial charge in [-0.2, -0.15) is 5.26 Å². The Morgan fingerprint density at radius 3 is 2.58 bits per heavy atom. The van der Waals surface area contributed by atoms with Crippen molar-refractivity contribution in [1.82, 2.24) is 0 Å². The van der Waals surface area contributed by atoms with Gasteiger partial charge in [0.25, 0.3) is 0 Å². The highest BCUT2D eigenvalue weighted by atomic mass is 16.5. The summed E-state index contributed by atoms with van der Waals surface area (Å²) in [5.74, 6) is 1.03. The number of hydrogen-bond donors (Lipinski definition) is 1. The predicted octanol–water partition coefficient (Wildman–Crippen LogP) is 3.62. The molecule has 5 heteroatoms. The van der Waals surface area contributed by atoms with Gasteiger partial charge in [0.2, 0.25) is 5.91 Å². The van der Waals surface area contributed by atoms with Gasteiger partial charge in [-0.05, 0) is 55.0 Å². The van der Waals surface area contributed by atoms with Crippen molar-refractivity contribution < 1.29 is 14.3 Å². The molecular formula is C19H18N2O3. The third-order valence-electron chi connectivity index (χ3n) is 3.20. The van der Waals surface area contributed by atoms with Crippen molar-refractivity contribution in [1.29, 1.82) is 5.26 Å². The van der Waals surface area contributed by atoms with Gasteiger partial charge in [-0.15, -0.1) is 0 Å². The first kappa shape index (κ1) is 17.1. The van der Waals surface area contributed by atoms with E-state index < -0.39 is 0 Å². The standard InChI is InChI=1S/C19H18N2O3/c1-3-24-18-12-14(6-10-17(18)23-2)7-11-19(22)21-16-8-4-15(13-20)5-9-16/h4-12H,3H2,1-2H3,(H,21,22)/b11-7+. The molecule has 1 amide bonds. The molecule has 2 aromatic carbocycles. The summed E-state index contributed by atoms with van der Waals surface area (Å²) in [4.78, 5) is 12.0. The molecule has 0 fully saturated rings. The van der Waals surface area contributed by atoms with E-state index in [1.165, 1.54) is 6.08 Å². The molecule has 0 aliphatic carbocycles. The fraction of sp³-hybridized carbons (Fsp3) is 0.158. The van der Waals surface area contributed by atoms with Crippen LogP contribution in [0.5, 0.6) is 11.5 Å². The van der Waals surface area contributed by atoms with E-state index in [4.69, 9.17) is 14.7 Å². The third kappa shape index (κ3) is 4.62. The zero-order chi connectivity index (χ0) is 17.4. The van der Waals surface area contributed by atoms with E-state index in [0.29, 0.717) is 29.4 Å². The van der Waals surface area contributed by atoms with Crippen molar-refractivity contribution in [2.24, 2.45) is 0 Å². The van der Waals surface area contributed by atoms with E-state index in [9.17, 15) is 4.79 Å². The maximum absolute atomic E-state index is 12.0. The van der Waals surface area contributed by atoms with E-state index in [-0.39, 0.29) is 5.91 Å². The minimum Gasteiger partial charge on any atom is -0.493 e. The summed E-state index contributed by atoms with van der Waals surface area (Å²) in [6.45, 7) is 2.43. The Labute approximate surface area is 141 Å². The van der Waals surface area contributed by atoms with Crippen LogP contribution in [-0.2, 0) is 4.79 Å². The second-order valence-electron chi connectivity index (χ2n) is 4.86. The minimum absolute atomic E-state index is 0.256. The Kier molecular flexibility index (Phi) is 5.98. The van der Waals surface area contributed by atoms with E-state index >= 15 is 0 Å². The van der Waals surface area contributed by atoms with Gasteiger partial charge in [0.1, 0.15) is 0 Å². The van der Waals surface area contributed by atoms with Crippen LogP contribution in [0.25, 0.3) is 6.08 Å². The summed E-state index contributed by atoms with van der Waals surface area (Å²) < 4.78 is 10.7. The first-order valence-corrected chi connectivity index (χ1v) is 7.46. The zero-order valence-corrected chi connectivity index (χ0v) is 13.6. The monoisotopic (exact) mass is 322 g/mol. The number of hydrogen-bond acceptors (Lipinski definition) is 4. The Morgan fingerprint density at radius 1 is 1.21 bits per heavy atom. The van der Waals surface area contributed by atoms with Gasteiger partial charge in [-0.3, -0.25) is 4.79 Å². The van der Waals surface area contributed by atoms with Gasteiger partial charge in [0.15, 0.2) is 11.5 Å². The number of carbonyl (C=O) groups excluding carboxylic acids is 1. The highest BCUT2D eigenvalue weighted by Gasteiger charge is 2.04. The molecule has 0 unspecified atom stereocenters. The van der Waals surface area contributed by atoms with E-state index in [0.717, 1.165) is 5.56 Å². The summed E-state index contributed by atoms with van der Waals surface area (Å²) in [6.07, 6.45) is 3.14. The van der Waals surface area contributed by atoms with Gasteiger partial charge in [0, 0.05) is 11.8 Å². The number of amides is 1. The molecule has 0 spiro atoms. The van der Waals surface area contributed by atoms with Crippen LogP contribution < -0.4 is 14.8 Å². The maximum atomic E-state index is 12.0. The number of nitriles is 1. The number of nitrogens with zero attached hydrogens (tertiary/aromatic N) is 1. The molecule has 2 aromatic rings. The van der Waals surface area contributed by atoms with Crippen LogP contribution in [0.4, 0.5) is 5.69 Å². The first-order valence-electron chi connectivity index (χ1n) is 7.46. The number of ether oxygens (including phenoxy) is 2. The van der Waals surface area contributed by atoms with Crippen molar-refractivity contribution in [2.75, 3.05) is 19.0 Å². The number of methoxy groups -OCH3 is 1. The predicted molar refractivity (Wildman–Crippen MR) is 93.0 cm³/mol. The molecule has 122 valence electrons. The topological polar surface area (TPSA) is 71.3 Å². The minimum atomic E-state index is -0.256. The van der Waals surface area contributed by atoms with Crippen LogP contribution in [0.3, 0.4) is 0 Å². The lowest BCUT2D eigenvalue weighted by Crippen LogP contribution is -2.07. The van der Waals surface area contributed by atoms with Crippen LogP contribution in [0.15, 0.2) is 48.5 Å². The third-order valence-corrected chi connectivity index (χ3v) is 3.20. The highest BCUT2D eigenvalue weighted by molar-refractivity contribution is 6.01. The smallest absolute Gasteiger partial charge is 0.248 e. The number of nitrogens with one attached hydrogen (secondary N) is 1. The fourth-order valence-corrected chi connectivity index (χ4v) is 2.05. The van der Waals surface area contributed by atoms with E-state index in [1.54, 1.807) is 43.5 Å². The second kappa shape index (κ2) is 8.39. The summed E-state index contributed by atoms with van der Waals surface area (Å²) in [5, 5.41) is 11.5. The molecule has 0 heterocycles. The van der Waals surface area contributed by atoms with Gasteiger partial charge in [-0.25, -0.2) is 0 Å². The zero-order valence-electron chi connectivity index (χ0n) is 13.6. The molecule has 0 aromatic heterocycles. The van der Waals surface area contributed by atoms with Gasteiger partial charge < -0.3 is 14.8 Å². The molecule has 1 N–H and O–H groups in total. The Hall–Kier alpha value is -3.26. The van der Waals surface area contributed by atoms with Crippen molar-refractivity contribution in [2.45, 2.75) is 6.92 Å². The normalized spacial score (nSPS) is 10.2. The quantitative estimate of drug-likeness (QED) is 0.825. The Balaban J connectivity index is 2.05. The van der Waals surface area contributed by atoms with Gasteiger partial charge in [-0.1, -0.05) is 6.07 Å². The molecule has 0 saturated heterocycles. The van der Waals surface area contributed by atoms with Crippen LogP contribution in [0.2, 0.25) is 0 Å². The summed E-state index contributed by atoms with van der Waals surface area (Å²) in [5.41, 5.74) is 2.01. The molecule has 0 atom stereocenters. The fourth-order valence-electron chi connectivity index (χ4n) is 2.05. The average molecular weight is 322 g/mol. The highest BCUT2D eigenvalue weighted by Crippen LogP contribution is 2.28. The SMILES string of the molecule is CCOc1cc(/C=C/C(=O)Nc2ccc(C#N)cc2)ccc1OC. The van der Waals surface area contributed by atoms with Crippen molar-refractivity contribution >= 4 is 17.7 Å². The van der Waals surface area contributed by atoms with Gasteiger partial charge in [0.05, 0.1) is 25.3 Å². The van der Waals surface area contributed by atoms with Gasteiger partial charge >= 0.3 is 0 Å².